The van der Waals surface area contributed by atoms with Gasteiger partial charge >= 0.3 is 0 Å². The summed E-state index contributed by atoms with van der Waals surface area (Å²) in [4.78, 5) is 13.5. The first-order valence-electron chi connectivity index (χ1n) is 7.66. The number of H-pyrrole nitrogens is 1. The lowest BCUT2D eigenvalue weighted by atomic mass is 9.99. The largest absolute Gasteiger partial charge is 0.368 e. The van der Waals surface area contributed by atoms with Gasteiger partial charge in [0.1, 0.15) is 18.1 Å². The molecule has 4 rings (SSSR count). The van der Waals surface area contributed by atoms with Crippen molar-refractivity contribution in [3.63, 3.8) is 0 Å². The Morgan fingerprint density at radius 3 is 2.61 bits per heavy atom. The van der Waals surface area contributed by atoms with Gasteiger partial charge in [-0.2, -0.15) is 10.4 Å². The molecular weight excluding hydrogens is 441 g/mol. The summed E-state index contributed by atoms with van der Waals surface area (Å²) in [5.41, 5.74) is 7.61. The van der Waals surface area contributed by atoms with E-state index in [1.165, 1.54) is 23.9 Å². The lowest BCUT2D eigenvalue weighted by Crippen LogP contribution is -1.96. The molecule has 0 radical (unpaired) electrons. The Kier molecular flexibility index (Phi) is 4.91. The number of aromatic amines is 1. The van der Waals surface area contributed by atoms with Gasteiger partial charge in [-0.1, -0.05) is 40.9 Å². The van der Waals surface area contributed by atoms with E-state index in [4.69, 9.17) is 40.5 Å². The van der Waals surface area contributed by atoms with E-state index in [0.717, 1.165) is 0 Å². The van der Waals surface area contributed by atoms with Crippen LogP contribution in [0.1, 0.15) is 5.56 Å². The van der Waals surface area contributed by atoms with E-state index in [1.54, 1.807) is 18.2 Å². The smallest absolute Gasteiger partial charge is 0.220 e. The van der Waals surface area contributed by atoms with Crippen LogP contribution in [0.25, 0.3) is 32.4 Å². The maximum Gasteiger partial charge on any atom is 0.220 e. The number of nitrogens with one attached hydrogen (secondary N) is 1. The molecule has 28 heavy (non-hydrogen) atoms. The zero-order chi connectivity index (χ0) is 19.8. The second kappa shape index (κ2) is 7.37. The number of aromatic nitrogens is 5. The van der Waals surface area contributed by atoms with Gasteiger partial charge in [-0.3, -0.25) is 5.10 Å². The van der Waals surface area contributed by atoms with Crippen molar-refractivity contribution in [1.82, 2.24) is 25.1 Å². The van der Waals surface area contributed by atoms with E-state index in [9.17, 15) is 5.26 Å². The van der Waals surface area contributed by atoms with Crippen LogP contribution in [0.4, 0.5) is 5.95 Å². The molecule has 0 atom stereocenters. The van der Waals surface area contributed by atoms with Crippen molar-refractivity contribution in [3.05, 3.63) is 51.4 Å². The molecule has 0 amide bonds. The number of benzene rings is 1. The number of hydrogen-bond acceptors (Lipinski definition) is 7. The first kappa shape index (κ1) is 18.7. The predicted octanol–water partition coefficient (Wildman–Crippen LogP) is 5.07. The van der Waals surface area contributed by atoms with E-state index in [-0.39, 0.29) is 11.0 Å². The van der Waals surface area contributed by atoms with Crippen LogP contribution in [-0.2, 0) is 0 Å². The summed E-state index contributed by atoms with van der Waals surface area (Å²) in [5.74, 6) is 0.524. The molecule has 7 nitrogen and oxygen atoms in total. The molecule has 3 N–H and O–H groups in total. The molecule has 0 unspecified atom stereocenters. The van der Waals surface area contributed by atoms with Crippen molar-refractivity contribution in [2.24, 2.45) is 0 Å². The summed E-state index contributed by atoms with van der Waals surface area (Å²) in [6.07, 6.45) is 2.77. The van der Waals surface area contributed by atoms with Crippen molar-refractivity contribution in [3.8, 4) is 38.5 Å². The van der Waals surface area contributed by atoms with Gasteiger partial charge in [-0.05, 0) is 12.1 Å². The van der Waals surface area contributed by atoms with Crippen molar-refractivity contribution in [1.29, 1.82) is 5.26 Å². The normalized spacial score (nSPS) is 10.8. The predicted molar refractivity (Wildman–Crippen MR) is 110 cm³/mol. The van der Waals surface area contributed by atoms with Gasteiger partial charge in [0.05, 0.1) is 26.5 Å². The Morgan fingerprint density at radius 1 is 1.11 bits per heavy atom. The maximum absolute atomic E-state index is 9.96. The monoisotopic (exact) mass is 447 g/mol. The molecule has 0 aliphatic heterocycles. The first-order valence-corrected chi connectivity index (χ1v) is 9.61. The van der Waals surface area contributed by atoms with Gasteiger partial charge in [-0.15, -0.1) is 11.3 Å². The third kappa shape index (κ3) is 3.19. The van der Waals surface area contributed by atoms with E-state index >= 15 is 0 Å². The molecule has 138 valence electrons. The molecular formula is C17H8Cl3N7S. The number of rotatable bonds is 3. The van der Waals surface area contributed by atoms with Gasteiger partial charge in [-0.25, -0.2) is 15.0 Å². The Hall–Kier alpha value is -2.70. The minimum atomic E-state index is 0.0454. The third-order valence-electron chi connectivity index (χ3n) is 3.83. The molecule has 1 aromatic carbocycles. The molecule has 11 heteroatoms. The second-order valence-corrected chi connectivity index (χ2v) is 7.78. The topological polar surface area (TPSA) is 117 Å². The Bertz CT molecular complexity index is 1230. The van der Waals surface area contributed by atoms with Crippen LogP contribution in [0.15, 0.2) is 30.7 Å². The van der Waals surface area contributed by atoms with Crippen LogP contribution < -0.4 is 5.73 Å². The van der Waals surface area contributed by atoms with Crippen molar-refractivity contribution >= 4 is 52.1 Å². The molecule has 4 aromatic rings. The van der Waals surface area contributed by atoms with Crippen LogP contribution in [-0.4, -0.2) is 25.1 Å². The summed E-state index contributed by atoms with van der Waals surface area (Å²) in [7, 11) is 0. The highest BCUT2D eigenvalue weighted by Gasteiger charge is 2.26. The highest BCUT2D eigenvalue weighted by molar-refractivity contribution is 7.19. The standard InChI is InChI=1S/C17H8Cl3N7S/c18-7-1-2-8(10(19)3-7)12-9(4-21)14(13-11(20)5-23-17(22)26-13)28-15(12)16-24-6-25-27-16/h1-3,5-6H,(H2,22,23,26)(H,24,25,27). The zero-order valence-corrected chi connectivity index (χ0v) is 16.8. The summed E-state index contributed by atoms with van der Waals surface area (Å²) in [5, 5.41) is 17.8. The fourth-order valence-corrected chi connectivity index (χ4v) is 4.64. The van der Waals surface area contributed by atoms with Crippen molar-refractivity contribution in [2.75, 3.05) is 5.73 Å². The van der Waals surface area contributed by atoms with Crippen LogP contribution >= 0.6 is 46.1 Å². The maximum atomic E-state index is 9.96. The minimum Gasteiger partial charge on any atom is -0.368 e. The number of thiophene rings is 1. The molecule has 3 aromatic heterocycles. The number of nitrogen functional groups attached to an aromatic ring is 1. The zero-order valence-electron chi connectivity index (χ0n) is 13.7. The average Bonchev–Trinajstić information content (AvgIpc) is 3.31. The third-order valence-corrected chi connectivity index (χ3v) is 5.86. The lowest BCUT2D eigenvalue weighted by Gasteiger charge is -2.07. The number of hydrogen-bond donors (Lipinski definition) is 2. The number of halogens is 3. The molecule has 0 aliphatic carbocycles. The number of nitrogens with two attached hydrogens (primary N) is 1. The molecule has 0 saturated carbocycles. The van der Waals surface area contributed by atoms with E-state index in [0.29, 0.717) is 48.0 Å². The van der Waals surface area contributed by atoms with Crippen molar-refractivity contribution in [2.45, 2.75) is 0 Å². The Morgan fingerprint density at radius 2 is 1.93 bits per heavy atom. The molecule has 3 heterocycles. The molecule has 0 spiro atoms. The summed E-state index contributed by atoms with van der Waals surface area (Å²) in [6, 6.07) is 7.28. The van der Waals surface area contributed by atoms with Gasteiger partial charge in [0.15, 0.2) is 5.82 Å². The fourth-order valence-electron chi connectivity index (χ4n) is 2.68. The molecule has 0 saturated heterocycles. The van der Waals surface area contributed by atoms with Crippen LogP contribution in [0.5, 0.6) is 0 Å². The van der Waals surface area contributed by atoms with Gasteiger partial charge < -0.3 is 5.73 Å². The number of nitrogens with zero attached hydrogens (tertiary/aromatic N) is 5. The van der Waals surface area contributed by atoms with Crippen molar-refractivity contribution < 1.29 is 0 Å². The summed E-state index contributed by atoms with van der Waals surface area (Å²) in [6.45, 7) is 0. The van der Waals surface area contributed by atoms with Gasteiger partial charge in [0, 0.05) is 21.2 Å². The highest BCUT2D eigenvalue weighted by atomic mass is 35.5. The van der Waals surface area contributed by atoms with E-state index in [1.807, 2.05) is 0 Å². The summed E-state index contributed by atoms with van der Waals surface area (Å²) >= 11 is 20.0. The van der Waals surface area contributed by atoms with Crippen LogP contribution in [0.3, 0.4) is 0 Å². The second-order valence-electron chi connectivity index (χ2n) is 5.51. The fraction of sp³-hybridized carbons (Fsp3) is 0. The molecule has 0 fully saturated rings. The quantitative estimate of drug-likeness (QED) is 0.452. The Labute approximate surface area is 177 Å². The molecule has 0 bridgehead atoms. The number of nitriles is 1. The van der Waals surface area contributed by atoms with Gasteiger partial charge in [0.2, 0.25) is 5.95 Å². The number of anilines is 1. The Balaban J connectivity index is 2.08. The lowest BCUT2D eigenvalue weighted by molar-refractivity contribution is 1.10. The minimum absolute atomic E-state index is 0.0454. The molecule has 0 aliphatic rings. The SMILES string of the molecule is N#Cc1c(-c2nc(N)ncc2Cl)sc(-c2ncn[nH]2)c1-c1ccc(Cl)cc1Cl. The average molecular weight is 449 g/mol. The summed E-state index contributed by atoms with van der Waals surface area (Å²) < 4.78 is 0. The highest BCUT2D eigenvalue weighted by Crippen LogP contribution is 2.48. The first-order chi connectivity index (χ1) is 13.5. The van der Waals surface area contributed by atoms with E-state index < -0.39 is 0 Å². The van der Waals surface area contributed by atoms with E-state index in [2.05, 4.69) is 31.2 Å². The van der Waals surface area contributed by atoms with Crippen LogP contribution in [0, 0.1) is 11.3 Å². The van der Waals surface area contributed by atoms with Crippen LogP contribution in [0.2, 0.25) is 15.1 Å². The van der Waals surface area contributed by atoms with Gasteiger partial charge in [0.25, 0.3) is 0 Å².